The van der Waals surface area contributed by atoms with Gasteiger partial charge in [0.25, 0.3) is 0 Å². The fourth-order valence-corrected chi connectivity index (χ4v) is 4.23. The highest BCUT2D eigenvalue weighted by Crippen LogP contribution is 2.26. The number of aromatic nitrogens is 2. The van der Waals surface area contributed by atoms with Crippen LogP contribution in [0.2, 0.25) is 0 Å². The number of hydrogen-bond donors (Lipinski definition) is 2. The van der Waals surface area contributed by atoms with Crippen molar-refractivity contribution in [1.82, 2.24) is 14.9 Å². The molecule has 4 heterocycles. The molecule has 4 rings (SSSR count). The van der Waals surface area contributed by atoms with Gasteiger partial charge in [-0.05, 0) is 37.5 Å². The normalized spacial score (nSPS) is 19.4. The maximum atomic E-state index is 6.08. The van der Waals surface area contributed by atoms with Crippen molar-refractivity contribution in [2.75, 3.05) is 49.6 Å². The molecule has 2 aliphatic heterocycles. The van der Waals surface area contributed by atoms with Crippen molar-refractivity contribution in [3.63, 3.8) is 0 Å². The summed E-state index contributed by atoms with van der Waals surface area (Å²) in [7, 11) is 0. The second-order valence-electron chi connectivity index (χ2n) is 7.33. The quantitative estimate of drug-likeness (QED) is 0.814. The van der Waals surface area contributed by atoms with Gasteiger partial charge in [0.2, 0.25) is 0 Å². The van der Waals surface area contributed by atoms with Gasteiger partial charge in [0, 0.05) is 49.8 Å². The van der Waals surface area contributed by atoms with Crippen molar-refractivity contribution in [2.24, 2.45) is 5.73 Å². The highest BCUT2D eigenvalue weighted by molar-refractivity contribution is 7.15. The van der Waals surface area contributed by atoms with Gasteiger partial charge < -0.3 is 20.7 Å². The third-order valence-corrected chi connectivity index (χ3v) is 5.93. The van der Waals surface area contributed by atoms with Crippen LogP contribution in [0.1, 0.15) is 23.3 Å². The molecule has 0 radical (unpaired) electrons. The maximum Gasteiger partial charge on any atom is 0.188 e. The van der Waals surface area contributed by atoms with E-state index in [1.165, 1.54) is 10.4 Å². The molecular weight excluding hydrogens is 360 g/mol. The highest BCUT2D eigenvalue weighted by Gasteiger charge is 2.19. The zero-order chi connectivity index (χ0) is 18.6. The number of pyridine rings is 1. The average Bonchev–Trinajstić information content (AvgIpc) is 3.07. The van der Waals surface area contributed by atoms with Gasteiger partial charge in [-0.3, -0.25) is 4.90 Å². The number of piperidine rings is 1. The standard InChI is InChI=1S/C19H28N6OS/c1-14-12-21-19(27-14)23-17-10-15(13-24-6-8-26-9-7-24)11-18(22-17)25-4-2-16(20)3-5-25/h10-12,16H,2-9,13,20H2,1H3,(H,21,22,23). The summed E-state index contributed by atoms with van der Waals surface area (Å²) >= 11 is 1.65. The number of anilines is 3. The van der Waals surface area contributed by atoms with Crippen LogP contribution in [-0.2, 0) is 11.3 Å². The summed E-state index contributed by atoms with van der Waals surface area (Å²) < 4.78 is 5.48. The third kappa shape index (κ3) is 4.95. The third-order valence-electron chi connectivity index (χ3n) is 5.10. The minimum Gasteiger partial charge on any atom is -0.379 e. The SMILES string of the molecule is Cc1cnc(Nc2cc(CN3CCOCC3)cc(N3CCC(N)CC3)n2)s1. The summed E-state index contributed by atoms with van der Waals surface area (Å²) in [4.78, 5) is 15.3. The summed E-state index contributed by atoms with van der Waals surface area (Å²) in [6.07, 6.45) is 3.92. The maximum absolute atomic E-state index is 6.08. The van der Waals surface area contributed by atoms with E-state index in [4.69, 9.17) is 15.5 Å². The molecule has 0 saturated carbocycles. The molecule has 7 nitrogen and oxygen atoms in total. The number of hydrogen-bond acceptors (Lipinski definition) is 8. The van der Waals surface area contributed by atoms with Gasteiger partial charge >= 0.3 is 0 Å². The van der Waals surface area contributed by atoms with Crippen LogP contribution in [0.25, 0.3) is 0 Å². The summed E-state index contributed by atoms with van der Waals surface area (Å²) in [5.74, 6) is 1.89. The topological polar surface area (TPSA) is 79.5 Å². The minimum absolute atomic E-state index is 0.314. The van der Waals surface area contributed by atoms with E-state index >= 15 is 0 Å². The summed E-state index contributed by atoms with van der Waals surface area (Å²) in [6, 6.07) is 4.68. The summed E-state index contributed by atoms with van der Waals surface area (Å²) in [5.41, 5.74) is 7.35. The molecule has 2 aromatic rings. The lowest BCUT2D eigenvalue weighted by molar-refractivity contribution is 0.0342. The molecule has 0 spiro atoms. The number of aryl methyl sites for hydroxylation is 1. The first-order valence-corrected chi connectivity index (χ1v) is 10.5. The summed E-state index contributed by atoms with van der Waals surface area (Å²) in [5, 5.41) is 4.28. The lowest BCUT2D eigenvalue weighted by Gasteiger charge is -2.32. The zero-order valence-corrected chi connectivity index (χ0v) is 16.7. The smallest absolute Gasteiger partial charge is 0.188 e. The molecular formula is C19H28N6OS. The molecule has 0 atom stereocenters. The van der Waals surface area contributed by atoms with Crippen molar-refractivity contribution in [3.8, 4) is 0 Å². The number of nitrogens with two attached hydrogens (primary N) is 1. The van der Waals surface area contributed by atoms with Gasteiger partial charge in [0.1, 0.15) is 11.6 Å². The first-order valence-electron chi connectivity index (χ1n) is 9.67. The van der Waals surface area contributed by atoms with E-state index in [0.717, 1.165) is 75.5 Å². The molecule has 2 saturated heterocycles. The van der Waals surface area contributed by atoms with E-state index in [0.29, 0.717) is 6.04 Å². The Morgan fingerprint density at radius 2 is 2.00 bits per heavy atom. The molecule has 8 heteroatoms. The summed E-state index contributed by atoms with van der Waals surface area (Å²) in [6.45, 7) is 8.48. The Labute approximate surface area is 164 Å². The number of nitrogens with zero attached hydrogens (tertiary/aromatic N) is 4. The van der Waals surface area contributed by atoms with Gasteiger partial charge in [-0.25, -0.2) is 9.97 Å². The van der Waals surface area contributed by atoms with E-state index in [1.807, 2.05) is 6.20 Å². The van der Waals surface area contributed by atoms with Crippen LogP contribution in [0.15, 0.2) is 18.3 Å². The van der Waals surface area contributed by atoms with Gasteiger partial charge in [-0.15, -0.1) is 11.3 Å². The van der Waals surface area contributed by atoms with Crippen LogP contribution in [0.3, 0.4) is 0 Å². The Morgan fingerprint density at radius 1 is 1.22 bits per heavy atom. The lowest BCUT2D eigenvalue weighted by atomic mass is 10.1. The molecule has 2 aromatic heterocycles. The Hall–Kier alpha value is -1.74. The molecule has 0 aromatic carbocycles. The van der Waals surface area contributed by atoms with Gasteiger partial charge in [-0.2, -0.15) is 0 Å². The minimum atomic E-state index is 0.314. The van der Waals surface area contributed by atoms with E-state index < -0.39 is 0 Å². The molecule has 0 aliphatic carbocycles. The van der Waals surface area contributed by atoms with Crippen molar-refractivity contribution in [3.05, 3.63) is 28.8 Å². The van der Waals surface area contributed by atoms with Gasteiger partial charge in [-0.1, -0.05) is 0 Å². The zero-order valence-electron chi connectivity index (χ0n) is 15.9. The number of ether oxygens (including phenoxy) is 1. The van der Waals surface area contributed by atoms with Gasteiger partial charge in [0.05, 0.1) is 13.2 Å². The Bertz CT molecular complexity index is 752. The van der Waals surface area contributed by atoms with E-state index in [9.17, 15) is 0 Å². The molecule has 146 valence electrons. The Kier molecular flexibility index (Phi) is 5.87. The van der Waals surface area contributed by atoms with Crippen LogP contribution in [0, 0.1) is 6.92 Å². The second-order valence-corrected chi connectivity index (χ2v) is 8.57. The van der Waals surface area contributed by atoms with Crippen LogP contribution >= 0.6 is 11.3 Å². The largest absolute Gasteiger partial charge is 0.379 e. The lowest BCUT2D eigenvalue weighted by Crippen LogP contribution is -2.40. The van der Waals surface area contributed by atoms with Crippen LogP contribution in [0.5, 0.6) is 0 Å². The molecule has 2 fully saturated rings. The molecule has 2 aliphatic rings. The van der Waals surface area contributed by atoms with Crippen molar-refractivity contribution >= 4 is 28.1 Å². The van der Waals surface area contributed by atoms with E-state index in [2.05, 4.69) is 39.2 Å². The number of nitrogens with one attached hydrogen (secondary N) is 1. The van der Waals surface area contributed by atoms with Crippen molar-refractivity contribution in [1.29, 1.82) is 0 Å². The van der Waals surface area contributed by atoms with E-state index in [-0.39, 0.29) is 0 Å². The Balaban J connectivity index is 1.56. The van der Waals surface area contributed by atoms with Crippen molar-refractivity contribution < 1.29 is 4.74 Å². The predicted molar refractivity (Wildman–Crippen MR) is 110 cm³/mol. The number of thiazole rings is 1. The van der Waals surface area contributed by atoms with Gasteiger partial charge in [0.15, 0.2) is 5.13 Å². The molecule has 0 unspecified atom stereocenters. The Morgan fingerprint density at radius 3 is 2.70 bits per heavy atom. The van der Waals surface area contributed by atoms with Crippen molar-refractivity contribution in [2.45, 2.75) is 32.4 Å². The monoisotopic (exact) mass is 388 g/mol. The highest BCUT2D eigenvalue weighted by atomic mass is 32.1. The second kappa shape index (κ2) is 8.52. The van der Waals surface area contributed by atoms with E-state index in [1.54, 1.807) is 11.3 Å². The van der Waals surface area contributed by atoms with Crippen LogP contribution < -0.4 is 16.0 Å². The predicted octanol–water partition coefficient (Wildman–Crippen LogP) is 2.35. The molecule has 0 amide bonds. The van der Waals surface area contributed by atoms with Crippen LogP contribution in [0.4, 0.5) is 16.8 Å². The first kappa shape index (κ1) is 18.6. The average molecular weight is 389 g/mol. The van der Waals surface area contributed by atoms with Crippen LogP contribution in [-0.4, -0.2) is 60.3 Å². The fraction of sp³-hybridized carbons (Fsp3) is 0.579. The number of morpholine rings is 1. The number of rotatable bonds is 5. The molecule has 27 heavy (non-hydrogen) atoms. The first-order chi connectivity index (χ1) is 13.2. The molecule has 3 N–H and O–H groups in total. The molecule has 0 bridgehead atoms. The fourth-order valence-electron chi connectivity index (χ4n) is 3.56.